The monoisotopic (exact) mass is 552 g/mol. The Balaban J connectivity index is 3.14. The molecule has 39 heavy (non-hydrogen) atoms. The predicted octanol–water partition coefficient (Wildman–Crippen LogP) is -2.33. The molecule has 12 N–H and O–H groups in total. The second-order valence-corrected chi connectivity index (χ2v) is 8.89. The minimum Gasteiger partial charge on any atom is -0.508 e. The molecule has 1 rings (SSSR count). The zero-order valence-electron chi connectivity index (χ0n) is 21.3. The summed E-state index contributed by atoms with van der Waals surface area (Å²) >= 11 is 0. The number of carbonyl (C=O) groups excluding carboxylic acids is 4. The van der Waals surface area contributed by atoms with Crippen LogP contribution in [0.2, 0.25) is 0 Å². The Morgan fingerprint density at radius 3 is 1.90 bits per heavy atom. The van der Waals surface area contributed by atoms with Crippen molar-refractivity contribution in [2.24, 2.45) is 17.2 Å². The molecule has 0 heterocycles. The molecule has 15 nitrogen and oxygen atoms in total. The van der Waals surface area contributed by atoms with Gasteiger partial charge in [-0.2, -0.15) is 0 Å². The smallest absolute Gasteiger partial charge is 0.326 e. The number of carboxylic acid groups (broad SMARTS) is 2. The molecule has 0 bridgehead atoms. The molecule has 0 fully saturated rings. The number of rotatable bonds is 18. The number of primary amides is 1. The highest BCUT2D eigenvalue weighted by Gasteiger charge is 2.30. The number of nitrogens with one attached hydrogen (secondary N) is 3. The average Bonchev–Trinajstić information content (AvgIpc) is 2.85. The van der Waals surface area contributed by atoms with E-state index >= 15 is 0 Å². The van der Waals surface area contributed by atoms with E-state index in [0.29, 0.717) is 24.9 Å². The number of amides is 4. The molecule has 216 valence electrons. The van der Waals surface area contributed by atoms with Crippen LogP contribution in [0.4, 0.5) is 0 Å². The zero-order chi connectivity index (χ0) is 29.5. The van der Waals surface area contributed by atoms with E-state index in [0.717, 1.165) is 0 Å². The lowest BCUT2D eigenvalue weighted by Gasteiger charge is -2.25. The van der Waals surface area contributed by atoms with Gasteiger partial charge in [0.25, 0.3) is 0 Å². The Bertz CT molecular complexity index is 1020. The third-order valence-corrected chi connectivity index (χ3v) is 5.61. The summed E-state index contributed by atoms with van der Waals surface area (Å²) in [5.41, 5.74) is 16.8. The van der Waals surface area contributed by atoms with Crippen molar-refractivity contribution < 1.29 is 44.1 Å². The van der Waals surface area contributed by atoms with Crippen molar-refractivity contribution >= 4 is 35.6 Å². The summed E-state index contributed by atoms with van der Waals surface area (Å²) in [6.07, 6.45) is -0.492. The van der Waals surface area contributed by atoms with Gasteiger partial charge in [-0.3, -0.25) is 24.0 Å². The van der Waals surface area contributed by atoms with Crippen LogP contribution in [0.5, 0.6) is 5.75 Å². The lowest BCUT2D eigenvalue weighted by molar-refractivity contribution is -0.143. The van der Waals surface area contributed by atoms with Gasteiger partial charge >= 0.3 is 11.9 Å². The van der Waals surface area contributed by atoms with Crippen LogP contribution >= 0.6 is 0 Å². The third-order valence-electron chi connectivity index (χ3n) is 5.61. The van der Waals surface area contributed by atoms with E-state index in [1.807, 2.05) is 0 Å². The number of phenolic OH excluding ortho intramolecular Hbond substituents is 1. The lowest BCUT2D eigenvalue weighted by atomic mass is 10.0. The van der Waals surface area contributed by atoms with Gasteiger partial charge in [-0.05, 0) is 49.9 Å². The number of aromatic hydroxyl groups is 1. The molecule has 0 radical (unpaired) electrons. The highest BCUT2D eigenvalue weighted by atomic mass is 16.4. The molecular formula is C24H36N6O9. The molecule has 15 heteroatoms. The van der Waals surface area contributed by atoms with Crippen molar-refractivity contribution in [3.63, 3.8) is 0 Å². The van der Waals surface area contributed by atoms with Gasteiger partial charge in [-0.1, -0.05) is 12.1 Å². The van der Waals surface area contributed by atoms with Crippen LogP contribution < -0.4 is 33.2 Å². The SMILES string of the molecule is NCCCCC(NC(=O)C(Cc1ccc(O)cc1)NC(=O)C(N)CC(N)=O)C(=O)NC(CCC(=O)O)C(=O)O. The van der Waals surface area contributed by atoms with Crippen molar-refractivity contribution in [3.05, 3.63) is 29.8 Å². The van der Waals surface area contributed by atoms with Gasteiger partial charge in [0, 0.05) is 12.8 Å². The van der Waals surface area contributed by atoms with Gasteiger partial charge in [0.1, 0.15) is 23.9 Å². The maximum Gasteiger partial charge on any atom is 0.326 e. The Hall–Kier alpha value is -4.24. The van der Waals surface area contributed by atoms with Crippen molar-refractivity contribution in [1.82, 2.24) is 16.0 Å². The first-order valence-electron chi connectivity index (χ1n) is 12.2. The van der Waals surface area contributed by atoms with Gasteiger partial charge < -0.3 is 48.5 Å². The normalized spacial score (nSPS) is 13.8. The van der Waals surface area contributed by atoms with E-state index in [1.165, 1.54) is 24.3 Å². The molecule has 1 aromatic carbocycles. The van der Waals surface area contributed by atoms with E-state index in [2.05, 4.69) is 16.0 Å². The largest absolute Gasteiger partial charge is 0.508 e. The molecule has 4 amide bonds. The Morgan fingerprint density at radius 2 is 1.36 bits per heavy atom. The predicted molar refractivity (Wildman–Crippen MR) is 137 cm³/mol. The molecule has 0 spiro atoms. The van der Waals surface area contributed by atoms with Crippen LogP contribution in [0, 0.1) is 0 Å². The van der Waals surface area contributed by atoms with Crippen LogP contribution in [0.25, 0.3) is 0 Å². The summed E-state index contributed by atoms with van der Waals surface area (Å²) in [6.45, 7) is 0.302. The zero-order valence-corrected chi connectivity index (χ0v) is 21.3. The molecule has 0 aliphatic carbocycles. The summed E-state index contributed by atoms with van der Waals surface area (Å²) in [5.74, 6) is -6.07. The maximum absolute atomic E-state index is 13.3. The molecule has 0 aliphatic heterocycles. The summed E-state index contributed by atoms with van der Waals surface area (Å²) in [5, 5.41) is 34.9. The van der Waals surface area contributed by atoms with Crippen molar-refractivity contribution in [3.8, 4) is 5.75 Å². The first-order chi connectivity index (χ1) is 18.3. The lowest BCUT2D eigenvalue weighted by Crippen LogP contribution is -2.57. The summed E-state index contributed by atoms with van der Waals surface area (Å²) in [7, 11) is 0. The minimum atomic E-state index is -1.51. The van der Waals surface area contributed by atoms with E-state index in [-0.39, 0.29) is 25.0 Å². The number of unbranched alkanes of at least 4 members (excludes halogenated alkanes) is 1. The van der Waals surface area contributed by atoms with Crippen molar-refractivity contribution in [2.75, 3.05) is 6.54 Å². The van der Waals surface area contributed by atoms with E-state index in [1.54, 1.807) is 0 Å². The van der Waals surface area contributed by atoms with Crippen LogP contribution in [0.1, 0.15) is 44.1 Å². The molecule has 0 saturated carbocycles. The maximum atomic E-state index is 13.3. The van der Waals surface area contributed by atoms with Gasteiger partial charge in [-0.15, -0.1) is 0 Å². The second kappa shape index (κ2) is 16.6. The number of carboxylic acids is 2. The van der Waals surface area contributed by atoms with Crippen LogP contribution in [0.3, 0.4) is 0 Å². The number of benzene rings is 1. The molecule has 1 aromatic rings. The topological polar surface area (TPSA) is 277 Å². The van der Waals surface area contributed by atoms with Gasteiger partial charge in [-0.25, -0.2) is 4.79 Å². The molecule has 0 saturated heterocycles. The Kier molecular flexibility index (Phi) is 13.9. The summed E-state index contributed by atoms with van der Waals surface area (Å²) in [6, 6.07) is 0.386. The number of phenols is 1. The Labute approximate surface area is 224 Å². The molecule has 0 aromatic heterocycles. The van der Waals surface area contributed by atoms with Gasteiger partial charge in [0.05, 0.1) is 12.5 Å². The fourth-order valence-electron chi connectivity index (χ4n) is 3.50. The molecular weight excluding hydrogens is 516 g/mol. The average molecular weight is 553 g/mol. The minimum absolute atomic E-state index is 0.0280. The highest BCUT2D eigenvalue weighted by Crippen LogP contribution is 2.12. The standard InChI is InChI=1S/C24H36N6O9/c25-10-2-1-3-16(22(36)29-17(24(38)39)8-9-20(33)34)28-23(37)18(11-13-4-6-14(31)7-5-13)30-21(35)15(26)12-19(27)32/h4-7,15-18,31H,1-3,8-12,25-26H2,(H2,27,32)(H,28,37)(H,29,36)(H,30,35)(H,33,34)(H,38,39). The van der Waals surface area contributed by atoms with Crippen LogP contribution in [-0.2, 0) is 35.2 Å². The van der Waals surface area contributed by atoms with Crippen LogP contribution in [-0.4, -0.2) is 81.6 Å². The van der Waals surface area contributed by atoms with Crippen molar-refractivity contribution in [1.29, 1.82) is 0 Å². The number of carbonyl (C=O) groups is 6. The molecule has 0 aliphatic rings. The number of aliphatic carboxylic acids is 2. The van der Waals surface area contributed by atoms with Crippen LogP contribution in [0.15, 0.2) is 24.3 Å². The van der Waals surface area contributed by atoms with E-state index < -0.39 is 72.6 Å². The fraction of sp³-hybridized carbons (Fsp3) is 0.500. The summed E-state index contributed by atoms with van der Waals surface area (Å²) in [4.78, 5) is 72.3. The van der Waals surface area contributed by atoms with Gasteiger partial charge in [0.15, 0.2) is 0 Å². The number of hydrogen-bond donors (Lipinski definition) is 9. The molecule has 4 atom stereocenters. The van der Waals surface area contributed by atoms with E-state index in [9.17, 15) is 39.0 Å². The highest BCUT2D eigenvalue weighted by molar-refractivity contribution is 5.95. The summed E-state index contributed by atoms with van der Waals surface area (Å²) < 4.78 is 0. The quantitative estimate of drug-likeness (QED) is 0.0871. The first-order valence-corrected chi connectivity index (χ1v) is 12.2. The van der Waals surface area contributed by atoms with E-state index in [4.69, 9.17) is 22.3 Å². The second-order valence-electron chi connectivity index (χ2n) is 8.89. The van der Waals surface area contributed by atoms with Gasteiger partial charge in [0.2, 0.25) is 23.6 Å². The fourth-order valence-corrected chi connectivity index (χ4v) is 3.50. The first kappa shape index (κ1) is 32.8. The third kappa shape index (κ3) is 12.7. The Morgan fingerprint density at radius 1 is 0.795 bits per heavy atom. The number of hydrogen-bond acceptors (Lipinski definition) is 9. The van der Waals surface area contributed by atoms with Crippen molar-refractivity contribution in [2.45, 2.75) is 69.1 Å². The molecule has 4 unspecified atom stereocenters. The number of nitrogens with two attached hydrogens (primary N) is 3.